The highest BCUT2D eigenvalue weighted by Crippen LogP contribution is 2.29. The van der Waals surface area contributed by atoms with E-state index in [0.29, 0.717) is 6.04 Å². The lowest BCUT2D eigenvalue weighted by molar-refractivity contribution is 0.159. The highest BCUT2D eigenvalue weighted by atomic mass is 35.5. The summed E-state index contributed by atoms with van der Waals surface area (Å²) in [6.07, 6.45) is 2.75. The maximum absolute atomic E-state index is 5.77. The zero-order valence-corrected chi connectivity index (χ0v) is 17.1. The molecule has 0 bridgehead atoms. The zero-order valence-electron chi connectivity index (χ0n) is 15.5. The number of ether oxygens (including phenoxy) is 1. The SMILES string of the molecule is CC(C)CC[C@@H](c1ccc(OC(C)C)cc1)N1CCNCC1.Cl.Cl. The average Bonchev–Trinajstić information content (AvgIpc) is 2.49. The van der Waals surface area contributed by atoms with E-state index in [1.165, 1.54) is 18.4 Å². The normalized spacial score (nSPS) is 16.4. The molecule has 0 aliphatic carbocycles. The average molecular weight is 377 g/mol. The molecule has 0 amide bonds. The van der Waals surface area contributed by atoms with Gasteiger partial charge < -0.3 is 10.1 Å². The third-order valence-electron chi connectivity index (χ3n) is 4.25. The summed E-state index contributed by atoms with van der Waals surface area (Å²) in [7, 11) is 0. The van der Waals surface area contributed by atoms with Crippen LogP contribution in [0.5, 0.6) is 5.75 Å². The van der Waals surface area contributed by atoms with Crippen molar-refractivity contribution in [1.29, 1.82) is 0 Å². The lowest BCUT2D eigenvalue weighted by Crippen LogP contribution is -2.45. The van der Waals surface area contributed by atoms with Gasteiger partial charge in [0.25, 0.3) is 0 Å². The minimum atomic E-state index is 0. The highest BCUT2D eigenvalue weighted by Gasteiger charge is 2.22. The van der Waals surface area contributed by atoms with Gasteiger partial charge in [-0.2, -0.15) is 0 Å². The Hall–Kier alpha value is -0.480. The number of nitrogens with one attached hydrogen (secondary N) is 1. The molecule has 0 radical (unpaired) electrons. The van der Waals surface area contributed by atoms with E-state index in [0.717, 1.165) is 37.8 Å². The van der Waals surface area contributed by atoms with Crippen LogP contribution in [0.3, 0.4) is 0 Å². The number of hydrogen-bond donors (Lipinski definition) is 1. The molecule has 1 aromatic carbocycles. The maximum Gasteiger partial charge on any atom is 0.119 e. The molecule has 1 aromatic rings. The van der Waals surface area contributed by atoms with Gasteiger partial charge in [-0.1, -0.05) is 26.0 Å². The second kappa shape index (κ2) is 12.0. The number of halogens is 2. The molecule has 0 aromatic heterocycles. The minimum absolute atomic E-state index is 0. The number of benzene rings is 1. The first-order valence-electron chi connectivity index (χ1n) is 8.77. The summed E-state index contributed by atoms with van der Waals surface area (Å²) >= 11 is 0. The largest absolute Gasteiger partial charge is 0.491 e. The van der Waals surface area contributed by atoms with Gasteiger partial charge in [0.1, 0.15) is 5.75 Å². The maximum atomic E-state index is 5.77. The van der Waals surface area contributed by atoms with Gasteiger partial charge in [-0.05, 0) is 50.3 Å². The first-order chi connectivity index (χ1) is 10.6. The van der Waals surface area contributed by atoms with Crippen LogP contribution < -0.4 is 10.1 Å². The summed E-state index contributed by atoms with van der Waals surface area (Å²) in [6, 6.07) is 9.30. The Morgan fingerprint density at radius 2 is 1.54 bits per heavy atom. The Morgan fingerprint density at radius 1 is 0.958 bits per heavy atom. The van der Waals surface area contributed by atoms with Crippen molar-refractivity contribution in [3.05, 3.63) is 29.8 Å². The van der Waals surface area contributed by atoms with Crippen molar-refractivity contribution >= 4 is 24.8 Å². The summed E-state index contributed by atoms with van der Waals surface area (Å²) in [5.74, 6) is 1.73. The molecule has 2 rings (SSSR count). The smallest absolute Gasteiger partial charge is 0.119 e. The molecule has 5 heteroatoms. The van der Waals surface area contributed by atoms with Crippen LogP contribution in [0, 0.1) is 5.92 Å². The lowest BCUT2D eigenvalue weighted by Gasteiger charge is -2.35. The minimum Gasteiger partial charge on any atom is -0.491 e. The van der Waals surface area contributed by atoms with Gasteiger partial charge in [0, 0.05) is 32.2 Å². The molecule has 1 N–H and O–H groups in total. The van der Waals surface area contributed by atoms with Crippen molar-refractivity contribution in [2.45, 2.75) is 52.7 Å². The van der Waals surface area contributed by atoms with Gasteiger partial charge in [-0.15, -0.1) is 24.8 Å². The molecular formula is C19H34Cl2N2O. The van der Waals surface area contributed by atoms with Crippen LogP contribution in [-0.4, -0.2) is 37.2 Å². The van der Waals surface area contributed by atoms with Gasteiger partial charge >= 0.3 is 0 Å². The second-order valence-corrected chi connectivity index (χ2v) is 7.01. The van der Waals surface area contributed by atoms with Crippen molar-refractivity contribution in [3.63, 3.8) is 0 Å². The molecule has 1 saturated heterocycles. The van der Waals surface area contributed by atoms with Gasteiger partial charge in [0.15, 0.2) is 0 Å². The van der Waals surface area contributed by atoms with E-state index in [9.17, 15) is 0 Å². The molecule has 0 spiro atoms. The van der Waals surface area contributed by atoms with Crippen LogP contribution in [0.4, 0.5) is 0 Å². The summed E-state index contributed by atoms with van der Waals surface area (Å²) in [4.78, 5) is 2.64. The third kappa shape index (κ3) is 7.60. The molecule has 1 aliphatic heterocycles. The van der Waals surface area contributed by atoms with E-state index in [1.807, 2.05) is 0 Å². The van der Waals surface area contributed by atoms with Crippen molar-refractivity contribution in [2.24, 2.45) is 5.92 Å². The predicted octanol–water partition coefficient (Wildman–Crippen LogP) is 4.70. The van der Waals surface area contributed by atoms with Crippen LogP contribution in [0.2, 0.25) is 0 Å². The number of piperazine rings is 1. The molecule has 0 unspecified atom stereocenters. The topological polar surface area (TPSA) is 24.5 Å². The Morgan fingerprint density at radius 3 is 2.04 bits per heavy atom. The van der Waals surface area contributed by atoms with Gasteiger partial charge in [0.2, 0.25) is 0 Å². The Balaban J connectivity index is 0.00000264. The van der Waals surface area contributed by atoms with Crippen molar-refractivity contribution < 1.29 is 4.74 Å². The fourth-order valence-electron chi connectivity index (χ4n) is 3.09. The molecule has 1 aliphatic rings. The van der Waals surface area contributed by atoms with Crippen molar-refractivity contribution in [2.75, 3.05) is 26.2 Å². The molecule has 24 heavy (non-hydrogen) atoms. The van der Waals surface area contributed by atoms with Gasteiger partial charge in [0.05, 0.1) is 6.10 Å². The molecule has 1 heterocycles. The molecular weight excluding hydrogens is 343 g/mol. The summed E-state index contributed by atoms with van der Waals surface area (Å²) in [6.45, 7) is 13.3. The number of nitrogens with zero attached hydrogens (tertiary/aromatic N) is 1. The molecule has 3 nitrogen and oxygen atoms in total. The van der Waals surface area contributed by atoms with Crippen molar-refractivity contribution in [1.82, 2.24) is 10.2 Å². The standard InChI is InChI=1S/C19H32N2O.2ClH/c1-15(2)5-10-19(21-13-11-20-12-14-21)17-6-8-18(9-7-17)22-16(3)4;;/h6-9,15-16,19-20H,5,10-14H2,1-4H3;2*1H/t19-;;/m0../s1. The van der Waals surface area contributed by atoms with E-state index in [4.69, 9.17) is 4.74 Å². The van der Waals surface area contributed by atoms with Gasteiger partial charge in [-0.25, -0.2) is 0 Å². The predicted molar refractivity (Wildman–Crippen MR) is 108 cm³/mol. The zero-order chi connectivity index (χ0) is 15.9. The quantitative estimate of drug-likeness (QED) is 0.745. The number of hydrogen-bond acceptors (Lipinski definition) is 3. The van der Waals surface area contributed by atoms with Crippen LogP contribution in [0.1, 0.15) is 52.1 Å². The Kier molecular flexibility index (Phi) is 11.7. The second-order valence-electron chi connectivity index (χ2n) is 7.01. The van der Waals surface area contributed by atoms with Crippen LogP contribution in [0.15, 0.2) is 24.3 Å². The van der Waals surface area contributed by atoms with Crippen LogP contribution in [-0.2, 0) is 0 Å². The van der Waals surface area contributed by atoms with E-state index >= 15 is 0 Å². The first kappa shape index (κ1) is 23.5. The van der Waals surface area contributed by atoms with E-state index in [-0.39, 0.29) is 30.9 Å². The highest BCUT2D eigenvalue weighted by molar-refractivity contribution is 5.85. The molecule has 140 valence electrons. The molecule has 1 fully saturated rings. The van der Waals surface area contributed by atoms with Gasteiger partial charge in [-0.3, -0.25) is 4.90 Å². The summed E-state index contributed by atoms with van der Waals surface area (Å²) in [5, 5.41) is 3.45. The van der Waals surface area contributed by atoms with E-state index in [1.54, 1.807) is 0 Å². The van der Waals surface area contributed by atoms with E-state index in [2.05, 4.69) is 62.2 Å². The lowest BCUT2D eigenvalue weighted by atomic mass is 9.95. The fraction of sp³-hybridized carbons (Fsp3) is 0.684. The molecule has 0 saturated carbocycles. The van der Waals surface area contributed by atoms with Crippen molar-refractivity contribution in [3.8, 4) is 5.75 Å². The third-order valence-corrected chi connectivity index (χ3v) is 4.25. The van der Waals surface area contributed by atoms with E-state index < -0.39 is 0 Å². The number of rotatable bonds is 7. The fourth-order valence-corrected chi connectivity index (χ4v) is 3.09. The Labute approximate surface area is 160 Å². The Bertz CT molecular complexity index is 431. The van der Waals surface area contributed by atoms with Crippen LogP contribution in [0.25, 0.3) is 0 Å². The first-order valence-corrected chi connectivity index (χ1v) is 8.77. The summed E-state index contributed by atoms with van der Waals surface area (Å²) < 4.78 is 5.77. The monoisotopic (exact) mass is 376 g/mol. The van der Waals surface area contributed by atoms with Crippen LogP contribution >= 0.6 is 24.8 Å². The molecule has 1 atom stereocenters. The summed E-state index contributed by atoms with van der Waals surface area (Å²) in [5.41, 5.74) is 1.43.